The summed E-state index contributed by atoms with van der Waals surface area (Å²) in [6.07, 6.45) is 5.10. The summed E-state index contributed by atoms with van der Waals surface area (Å²) in [5, 5.41) is 3.03. The fourth-order valence-corrected chi connectivity index (χ4v) is 3.02. The summed E-state index contributed by atoms with van der Waals surface area (Å²) in [5.74, 6) is 0.473. The van der Waals surface area contributed by atoms with Crippen molar-refractivity contribution >= 4 is 16.9 Å². The van der Waals surface area contributed by atoms with E-state index in [-0.39, 0.29) is 23.5 Å². The van der Waals surface area contributed by atoms with E-state index in [9.17, 15) is 9.18 Å². The van der Waals surface area contributed by atoms with Crippen molar-refractivity contribution in [2.24, 2.45) is 13.0 Å². The number of fused-ring (bicyclic) bond motifs is 1. The summed E-state index contributed by atoms with van der Waals surface area (Å²) < 4.78 is 15.4. The third kappa shape index (κ3) is 2.97. The Bertz CT molecular complexity index is 946. The van der Waals surface area contributed by atoms with Gasteiger partial charge in [0.25, 0.3) is 5.91 Å². The van der Waals surface area contributed by atoms with Crippen molar-refractivity contribution in [2.75, 3.05) is 0 Å². The van der Waals surface area contributed by atoms with Crippen LogP contribution in [0.3, 0.4) is 0 Å². The number of imidazole rings is 1. The van der Waals surface area contributed by atoms with Crippen LogP contribution in [0.1, 0.15) is 40.9 Å². The fourth-order valence-electron chi connectivity index (χ4n) is 3.02. The normalized spacial score (nSPS) is 15.3. The van der Waals surface area contributed by atoms with Gasteiger partial charge in [-0.05, 0) is 37.8 Å². The Kier molecular flexibility index (Phi) is 3.71. The zero-order valence-corrected chi connectivity index (χ0v) is 14.0. The van der Waals surface area contributed by atoms with Gasteiger partial charge in [0.05, 0.1) is 29.0 Å². The van der Waals surface area contributed by atoms with Gasteiger partial charge in [-0.2, -0.15) is 0 Å². The summed E-state index contributed by atoms with van der Waals surface area (Å²) in [6.45, 7) is 1.82. The molecule has 1 aliphatic rings. The lowest BCUT2D eigenvalue weighted by Gasteiger charge is -2.18. The lowest BCUT2D eigenvalue weighted by atomic mass is 10.1. The van der Waals surface area contributed by atoms with Crippen LogP contribution in [0, 0.1) is 18.7 Å². The molecule has 0 unspecified atom stereocenters. The quantitative estimate of drug-likeness (QED) is 0.793. The lowest BCUT2D eigenvalue weighted by Crippen LogP contribution is -2.32. The van der Waals surface area contributed by atoms with Crippen molar-refractivity contribution in [3.8, 4) is 0 Å². The minimum Gasteiger partial charge on any atom is -0.340 e. The van der Waals surface area contributed by atoms with E-state index in [0.717, 1.165) is 29.9 Å². The number of amides is 1. The first kappa shape index (κ1) is 15.7. The summed E-state index contributed by atoms with van der Waals surface area (Å²) in [7, 11) is 1.88. The number of carbonyl (C=O) groups is 1. The summed E-state index contributed by atoms with van der Waals surface area (Å²) in [6, 6.07) is 4.31. The monoisotopic (exact) mass is 339 g/mol. The topological polar surface area (TPSA) is 72.7 Å². The van der Waals surface area contributed by atoms with Crippen LogP contribution in [-0.4, -0.2) is 25.4 Å². The van der Waals surface area contributed by atoms with E-state index in [1.165, 1.54) is 18.3 Å². The second-order valence-electron chi connectivity index (χ2n) is 6.49. The minimum absolute atomic E-state index is 0.226. The van der Waals surface area contributed by atoms with Crippen molar-refractivity contribution in [3.05, 3.63) is 53.6 Å². The van der Waals surface area contributed by atoms with Crippen LogP contribution in [0.2, 0.25) is 0 Å². The molecule has 1 amide bonds. The van der Waals surface area contributed by atoms with Crippen molar-refractivity contribution in [1.29, 1.82) is 0 Å². The maximum atomic E-state index is 13.5. The number of nitrogens with one attached hydrogen (secondary N) is 1. The van der Waals surface area contributed by atoms with Gasteiger partial charge in [0, 0.05) is 19.3 Å². The second-order valence-corrected chi connectivity index (χ2v) is 6.49. The standard InChI is InChI=1S/C18H18FN5O/c1-10-8-21-14(9-20-10)18(25)23-16(11-3-4-11)17-22-13-7-12(19)5-6-15(13)24(17)2/h5-9,11,16H,3-4H2,1-2H3,(H,23,25)/t16-/m0/s1. The molecule has 2 aromatic heterocycles. The number of rotatable bonds is 4. The van der Waals surface area contributed by atoms with Crippen molar-refractivity contribution in [2.45, 2.75) is 25.8 Å². The summed E-state index contributed by atoms with van der Waals surface area (Å²) in [5.41, 5.74) is 2.47. The molecule has 0 bridgehead atoms. The Morgan fingerprint density at radius 2 is 2.12 bits per heavy atom. The molecule has 1 aliphatic carbocycles. The van der Waals surface area contributed by atoms with Crippen molar-refractivity contribution in [1.82, 2.24) is 24.8 Å². The molecule has 4 rings (SSSR count). The van der Waals surface area contributed by atoms with Gasteiger partial charge in [-0.25, -0.2) is 14.4 Å². The molecule has 3 aromatic rings. The van der Waals surface area contributed by atoms with Gasteiger partial charge >= 0.3 is 0 Å². The number of aromatic nitrogens is 4. The predicted octanol–water partition coefficient (Wildman–Crippen LogP) is 2.69. The second kappa shape index (κ2) is 5.91. The van der Waals surface area contributed by atoms with Gasteiger partial charge < -0.3 is 9.88 Å². The van der Waals surface area contributed by atoms with Crippen molar-refractivity contribution < 1.29 is 9.18 Å². The highest BCUT2D eigenvalue weighted by molar-refractivity contribution is 5.92. The van der Waals surface area contributed by atoms with Gasteiger partial charge in [-0.1, -0.05) is 0 Å². The highest BCUT2D eigenvalue weighted by atomic mass is 19.1. The molecule has 25 heavy (non-hydrogen) atoms. The molecule has 1 N–H and O–H groups in total. The Labute approximate surface area is 144 Å². The van der Waals surface area contributed by atoms with Crippen LogP contribution in [0.4, 0.5) is 4.39 Å². The van der Waals surface area contributed by atoms with E-state index in [1.54, 1.807) is 12.3 Å². The molecule has 2 heterocycles. The van der Waals surface area contributed by atoms with E-state index >= 15 is 0 Å². The van der Waals surface area contributed by atoms with Crippen LogP contribution >= 0.6 is 0 Å². The molecule has 6 nitrogen and oxygen atoms in total. The molecule has 128 valence electrons. The lowest BCUT2D eigenvalue weighted by molar-refractivity contribution is 0.0923. The zero-order chi connectivity index (χ0) is 17.6. The number of hydrogen-bond acceptors (Lipinski definition) is 4. The number of halogens is 1. The van der Waals surface area contributed by atoms with Crippen molar-refractivity contribution in [3.63, 3.8) is 0 Å². The van der Waals surface area contributed by atoms with E-state index < -0.39 is 0 Å². The first-order valence-corrected chi connectivity index (χ1v) is 8.24. The molecule has 0 saturated heterocycles. The van der Waals surface area contributed by atoms with Crippen LogP contribution in [-0.2, 0) is 7.05 Å². The molecule has 0 spiro atoms. The van der Waals surface area contributed by atoms with Gasteiger partial charge in [-0.3, -0.25) is 9.78 Å². The third-order valence-electron chi connectivity index (χ3n) is 4.55. The predicted molar refractivity (Wildman–Crippen MR) is 90.4 cm³/mol. The van der Waals surface area contributed by atoms with Gasteiger partial charge in [0.2, 0.25) is 0 Å². The molecular formula is C18H18FN5O. The van der Waals surface area contributed by atoms with Gasteiger partial charge in [-0.15, -0.1) is 0 Å². The smallest absolute Gasteiger partial charge is 0.272 e. The average Bonchev–Trinajstić information content (AvgIpc) is 3.38. The van der Waals surface area contributed by atoms with Gasteiger partial charge in [0.1, 0.15) is 17.3 Å². The van der Waals surface area contributed by atoms with Crippen LogP contribution in [0.15, 0.2) is 30.6 Å². The van der Waals surface area contributed by atoms with Crippen LogP contribution < -0.4 is 5.32 Å². The number of benzene rings is 1. The van der Waals surface area contributed by atoms with E-state index in [2.05, 4.69) is 20.3 Å². The Balaban J connectivity index is 1.67. The molecule has 0 radical (unpaired) electrons. The largest absolute Gasteiger partial charge is 0.340 e. The summed E-state index contributed by atoms with van der Waals surface area (Å²) >= 11 is 0. The van der Waals surface area contributed by atoms with E-state index in [1.807, 2.05) is 18.5 Å². The Hall–Kier alpha value is -2.83. The van der Waals surface area contributed by atoms with E-state index in [0.29, 0.717) is 11.4 Å². The third-order valence-corrected chi connectivity index (χ3v) is 4.55. The molecule has 1 atom stereocenters. The number of carbonyl (C=O) groups excluding carboxylic acids is 1. The summed E-state index contributed by atoms with van der Waals surface area (Å²) in [4.78, 5) is 25.4. The van der Waals surface area contributed by atoms with Crippen LogP contribution in [0.5, 0.6) is 0 Å². The minimum atomic E-state index is -0.320. The molecule has 0 aliphatic heterocycles. The first-order valence-electron chi connectivity index (χ1n) is 8.24. The highest BCUT2D eigenvalue weighted by Crippen LogP contribution is 2.41. The molecule has 1 saturated carbocycles. The molecule has 7 heteroatoms. The number of hydrogen-bond donors (Lipinski definition) is 1. The van der Waals surface area contributed by atoms with Crippen LogP contribution in [0.25, 0.3) is 11.0 Å². The first-order chi connectivity index (χ1) is 12.0. The molecule has 1 aromatic carbocycles. The molecular weight excluding hydrogens is 321 g/mol. The maximum Gasteiger partial charge on any atom is 0.272 e. The zero-order valence-electron chi connectivity index (χ0n) is 14.0. The Morgan fingerprint density at radius 3 is 2.80 bits per heavy atom. The number of nitrogens with zero attached hydrogens (tertiary/aromatic N) is 4. The maximum absolute atomic E-state index is 13.5. The highest BCUT2D eigenvalue weighted by Gasteiger charge is 2.36. The number of aryl methyl sites for hydroxylation is 2. The molecule has 1 fully saturated rings. The van der Waals surface area contributed by atoms with Gasteiger partial charge in [0.15, 0.2) is 0 Å². The SMILES string of the molecule is Cc1cnc(C(=O)N[C@H](c2nc3cc(F)ccc3n2C)C2CC2)cn1. The van der Waals surface area contributed by atoms with E-state index in [4.69, 9.17) is 0 Å². The fraction of sp³-hybridized carbons (Fsp3) is 0.333. The Morgan fingerprint density at radius 1 is 1.32 bits per heavy atom. The average molecular weight is 339 g/mol.